The maximum absolute atomic E-state index is 6.26. The van der Waals surface area contributed by atoms with Crippen molar-refractivity contribution >= 4 is 57.9 Å². The Bertz CT molecular complexity index is 586. The topological polar surface area (TPSA) is 26.0 Å². The molecular formula is C14H14Cl3NS2. The SMILES string of the molecule is CCC(N)C(Sc1ccc(Cl)c(Cl)c1)c1ccc(Cl)s1. The third kappa shape index (κ3) is 4.06. The Hall–Kier alpha value is 0.1000. The van der Waals surface area contributed by atoms with Crippen LogP contribution in [0.25, 0.3) is 0 Å². The van der Waals surface area contributed by atoms with Crippen molar-refractivity contribution in [2.45, 2.75) is 29.5 Å². The molecule has 0 aliphatic heterocycles. The van der Waals surface area contributed by atoms with Crippen LogP contribution in [-0.2, 0) is 0 Å². The molecule has 1 nitrogen and oxygen atoms in total. The highest BCUT2D eigenvalue weighted by molar-refractivity contribution is 7.99. The Morgan fingerprint density at radius 3 is 2.45 bits per heavy atom. The zero-order chi connectivity index (χ0) is 14.7. The smallest absolute Gasteiger partial charge is 0.0931 e. The molecule has 1 aromatic heterocycles. The molecule has 2 atom stereocenters. The van der Waals surface area contributed by atoms with Crippen LogP contribution in [0, 0.1) is 0 Å². The van der Waals surface area contributed by atoms with Gasteiger partial charge in [0.2, 0.25) is 0 Å². The fourth-order valence-electron chi connectivity index (χ4n) is 1.75. The molecule has 6 heteroatoms. The van der Waals surface area contributed by atoms with Crippen LogP contribution >= 0.6 is 57.9 Å². The first-order valence-corrected chi connectivity index (χ1v) is 8.96. The van der Waals surface area contributed by atoms with E-state index in [-0.39, 0.29) is 11.3 Å². The molecule has 0 saturated carbocycles. The minimum atomic E-state index is 0.0594. The lowest BCUT2D eigenvalue weighted by molar-refractivity contribution is 0.640. The first-order valence-electron chi connectivity index (χ1n) is 6.13. The largest absolute Gasteiger partial charge is 0.326 e. The van der Waals surface area contributed by atoms with Gasteiger partial charge in [-0.15, -0.1) is 23.1 Å². The van der Waals surface area contributed by atoms with Crippen LogP contribution in [0.2, 0.25) is 14.4 Å². The summed E-state index contributed by atoms with van der Waals surface area (Å²) in [6, 6.07) is 9.65. The molecule has 2 aromatic rings. The number of halogens is 3. The summed E-state index contributed by atoms with van der Waals surface area (Å²) in [7, 11) is 0. The molecule has 2 N–H and O–H groups in total. The van der Waals surface area contributed by atoms with Crippen LogP contribution in [0.15, 0.2) is 35.2 Å². The van der Waals surface area contributed by atoms with Crippen molar-refractivity contribution in [1.29, 1.82) is 0 Å². The summed E-state index contributed by atoms with van der Waals surface area (Å²) in [5.74, 6) is 0. The lowest BCUT2D eigenvalue weighted by Crippen LogP contribution is -2.25. The zero-order valence-corrected chi connectivity index (χ0v) is 14.7. The van der Waals surface area contributed by atoms with Crippen LogP contribution in [-0.4, -0.2) is 6.04 Å². The van der Waals surface area contributed by atoms with Gasteiger partial charge in [0.15, 0.2) is 0 Å². The van der Waals surface area contributed by atoms with Crippen molar-refractivity contribution in [3.8, 4) is 0 Å². The predicted octanol–water partition coefficient (Wildman–Crippen LogP) is 6.28. The van der Waals surface area contributed by atoms with Crippen LogP contribution in [0.5, 0.6) is 0 Å². The van der Waals surface area contributed by atoms with Gasteiger partial charge in [0, 0.05) is 15.8 Å². The quantitative estimate of drug-likeness (QED) is 0.630. The molecular weight excluding hydrogens is 353 g/mol. The minimum absolute atomic E-state index is 0.0594. The molecule has 0 saturated heterocycles. The summed E-state index contributed by atoms with van der Waals surface area (Å²) < 4.78 is 0.781. The van der Waals surface area contributed by atoms with Crippen molar-refractivity contribution < 1.29 is 0 Å². The third-order valence-corrected chi connectivity index (χ3v) is 6.47. The molecule has 0 fully saturated rings. The highest BCUT2D eigenvalue weighted by Crippen LogP contribution is 2.43. The number of rotatable bonds is 5. The van der Waals surface area contributed by atoms with E-state index in [1.807, 2.05) is 30.3 Å². The fraction of sp³-hybridized carbons (Fsp3) is 0.286. The number of hydrogen-bond donors (Lipinski definition) is 1. The lowest BCUT2D eigenvalue weighted by Gasteiger charge is -2.21. The second-order valence-corrected chi connectivity index (χ2v) is 8.10. The van der Waals surface area contributed by atoms with E-state index in [9.17, 15) is 0 Å². The van der Waals surface area contributed by atoms with E-state index in [1.165, 1.54) is 4.88 Å². The summed E-state index contributed by atoms with van der Waals surface area (Å²) in [6.45, 7) is 2.09. The summed E-state index contributed by atoms with van der Waals surface area (Å²) in [4.78, 5) is 2.23. The number of benzene rings is 1. The Morgan fingerprint density at radius 1 is 1.15 bits per heavy atom. The molecule has 0 amide bonds. The molecule has 2 rings (SSSR count). The lowest BCUT2D eigenvalue weighted by atomic mass is 10.1. The molecule has 0 bridgehead atoms. The molecule has 108 valence electrons. The molecule has 0 aliphatic rings. The number of hydrogen-bond acceptors (Lipinski definition) is 3. The first kappa shape index (κ1) is 16.5. The Kier molecular flexibility index (Phi) is 6.09. The minimum Gasteiger partial charge on any atom is -0.326 e. The standard InChI is InChI=1S/C14H14Cl3NS2/c1-2-11(18)14(12-5-6-13(17)20-12)19-8-3-4-9(15)10(16)7-8/h3-7,11,14H,2,18H2,1H3. The van der Waals surface area contributed by atoms with Crippen LogP contribution < -0.4 is 5.73 Å². The Labute approximate surface area is 142 Å². The van der Waals surface area contributed by atoms with Gasteiger partial charge in [0.1, 0.15) is 0 Å². The highest BCUT2D eigenvalue weighted by atomic mass is 35.5. The summed E-state index contributed by atoms with van der Waals surface area (Å²) >= 11 is 21.3. The fourth-order valence-corrected chi connectivity index (χ4v) is 4.71. The van der Waals surface area contributed by atoms with Gasteiger partial charge >= 0.3 is 0 Å². The number of nitrogens with two attached hydrogens (primary N) is 1. The van der Waals surface area contributed by atoms with Gasteiger partial charge in [-0.05, 0) is 36.8 Å². The van der Waals surface area contributed by atoms with Crippen molar-refractivity contribution in [2.75, 3.05) is 0 Å². The van der Waals surface area contributed by atoms with Gasteiger partial charge in [-0.3, -0.25) is 0 Å². The zero-order valence-electron chi connectivity index (χ0n) is 10.8. The number of thioether (sulfide) groups is 1. The monoisotopic (exact) mass is 365 g/mol. The average Bonchev–Trinajstić information content (AvgIpc) is 2.85. The van der Waals surface area contributed by atoms with E-state index in [0.29, 0.717) is 10.0 Å². The van der Waals surface area contributed by atoms with E-state index < -0.39 is 0 Å². The summed E-state index contributed by atoms with van der Waals surface area (Å²) in [5.41, 5.74) is 6.26. The van der Waals surface area contributed by atoms with Crippen LogP contribution in [0.3, 0.4) is 0 Å². The van der Waals surface area contributed by atoms with Gasteiger partial charge in [-0.25, -0.2) is 0 Å². The first-order chi connectivity index (χ1) is 9.51. The normalized spacial score (nSPS) is 14.2. The Morgan fingerprint density at radius 2 is 1.90 bits per heavy atom. The van der Waals surface area contributed by atoms with Gasteiger partial charge in [-0.1, -0.05) is 41.7 Å². The van der Waals surface area contributed by atoms with Gasteiger partial charge in [0.05, 0.1) is 19.6 Å². The number of thiophene rings is 1. The van der Waals surface area contributed by atoms with Crippen LogP contribution in [0.4, 0.5) is 0 Å². The molecule has 1 aromatic carbocycles. The molecule has 1 heterocycles. The molecule has 0 aliphatic carbocycles. The summed E-state index contributed by atoms with van der Waals surface area (Å²) in [6.07, 6.45) is 0.897. The van der Waals surface area contributed by atoms with Gasteiger partial charge in [0.25, 0.3) is 0 Å². The molecule has 0 radical (unpaired) electrons. The van der Waals surface area contributed by atoms with E-state index in [1.54, 1.807) is 23.1 Å². The van der Waals surface area contributed by atoms with Crippen LogP contribution in [0.1, 0.15) is 23.5 Å². The van der Waals surface area contributed by atoms with Crippen molar-refractivity contribution in [2.24, 2.45) is 5.73 Å². The predicted molar refractivity (Wildman–Crippen MR) is 92.7 cm³/mol. The van der Waals surface area contributed by atoms with Crippen molar-refractivity contribution in [1.82, 2.24) is 0 Å². The maximum atomic E-state index is 6.26. The molecule has 20 heavy (non-hydrogen) atoms. The second kappa shape index (κ2) is 7.39. The van der Waals surface area contributed by atoms with E-state index in [4.69, 9.17) is 40.5 Å². The van der Waals surface area contributed by atoms with E-state index in [0.717, 1.165) is 15.7 Å². The second-order valence-electron chi connectivity index (χ2n) is 4.33. The maximum Gasteiger partial charge on any atom is 0.0931 e. The average molecular weight is 367 g/mol. The third-order valence-electron chi connectivity index (χ3n) is 2.89. The van der Waals surface area contributed by atoms with Crippen molar-refractivity contribution in [3.63, 3.8) is 0 Å². The summed E-state index contributed by atoms with van der Waals surface area (Å²) in [5, 5.41) is 1.28. The highest BCUT2D eigenvalue weighted by Gasteiger charge is 2.22. The Balaban J connectivity index is 2.25. The van der Waals surface area contributed by atoms with E-state index >= 15 is 0 Å². The molecule has 2 unspecified atom stereocenters. The molecule has 0 spiro atoms. The van der Waals surface area contributed by atoms with E-state index in [2.05, 4.69) is 6.92 Å². The van der Waals surface area contributed by atoms with Gasteiger partial charge < -0.3 is 5.73 Å². The van der Waals surface area contributed by atoms with Crippen molar-refractivity contribution in [3.05, 3.63) is 49.6 Å². The van der Waals surface area contributed by atoms with Gasteiger partial charge in [-0.2, -0.15) is 0 Å².